The molecule has 0 spiro atoms. The molecule has 0 aromatic rings. The summed E-state index contributed by atoms with van der Waals surface area (Å²) in [4.78, 5) is 10.1. The Kier molecular flexibility index (Phi) is 3.47. The highest BCUT2D eigenvalue weighted by Gasteiger charge is 1.92. The normalized spacial score (nSPS) is 9.62. The van der Waals surface area contributed by atoms with Gasteiger partial charge in [-0.25, -0.2) is 4.79 Å². The Morgan fingerprint density at radius 1 is 1.88 bits per heavy atom. The van der Waals surface area contributed by atoms with E-state index in [4.69, 9.17) is 0 Å². The zero-order chi connectivity index (χ0) is 6.41. The predicted octanol–water partition coefficient (Wildman–Crippen LogP) is 0.469. The quantitative estimate of drug-likeness (QED) is 0.308. The molecule has 0 unspecified atom stereocenters. The largest absolute Gasteiger partial charge is 0.453 e. The molecular formula is C3H7N3O2. The van der Waals surface area contributed by atoms with Crippen molar-refractivity contribution in [3.63, 3.8) is 0 Å². The Hall–Kier alpha value is -1.13. The Bertz CT molecular complexity index is 101. The summed E-state index contributed by atoms with van der Waals surface area (Å²) >= 11 is 0. The summed E-state index contributed by atoms with van der Waals surface area (Å²) in [6.45, 7) is 1.96. The summed E-state index contributed by atoms with van der Waals surface area (Å²) in [5, 5.41) is 5.56. The highest BCUT2D eigenvalue weighted by molar-refractivity contribution is 5.67. The van der Waals surface area contributed by atoms with Crippen LogP contribution in [-0.4, -0.2) is 12.7 Å². The molecule has 0 aliphatic rings. The van der Waals surface area contributed by atoms with Crippen molar-refractivity contribution in [1.29, 1.82) is 0 Å². The molecule has 0 bridgehead atoms. The van der Waals surface area contributed by atoms with Gasteiger partial charge < -0.3 is 10.6 Å². The lowest BCUT2D eigenvalue weighted by Gasteiger charge is -1.89. The second-order valence-corrected chi connectivity index (χ2v) is 0.914. The van der Waals surface area contributed by atoms with E-state index in [1.54, 1.807) is 6.92 Å². The highest BCUT2D eigenvalue weighted by Crippen LogP contribution is 1.80. The fourth-order valence-electron chi connectivity index (χ4n) is 0.199. The van der Waals surface area contributed by atoms with Gasteiger partial charge >= 0.3 is 6.09 Å². The molecule has 0 rings (SSSR count). The van der Waals surface area contributed by atoms with Crippen LogP contribution in [-0.2, 0) is 4.74 Å². The topological polar surface area (TPSA) is 77.0 Å². The van der Waals surface area contributed by atoms with E-state index in [0.29, 0.717) is 0 Å². The van der Waals surface area contributed by atoms with Gasteiger partial charge in [0.2, 0.25) is 0 Å². The van der Waals surface area contributed by atoms with Gasteiger partial charge in [-0.15, -0.1) is 0 Å². The maximum Gasteiger partial charge on any atom is 0.453 e. The molecule has 5 nitrogen and oxygen atoms in total. The smallest absolute Gasteiger partial charge is 0.447 e. The van der Waals surface area contributed by atoms with Gasteiger partial charge in [-0.3, -0.25) is 0 Å². The maximum atomic E-state index is 10.1. The Morgan fingerprint density at radius 2 is 2.50 bits per heavy atom. The van der Waals surface area contributed by atoms with Gasteiger partial charge in [0.25, 0.3) is 0 Å². The van der Waals surface area contributed by atoms with E-state index < -0.39 is 6.09 Å². The summed E-state index contributed by atoms with van der Waals surface area (Å²) in [5.74, 6) is 4.52. The Labute approximate surface area is 46.5 Å². The fraction of sp³-hybridized carbons (Fsp3) is 0.667. The summed E-state index contributed by atoms with van der Waals surface area (Å²) in [5.41, 5.74) is 0. The third-order valence-corrected chi connectivity index (χ3v) is 0.407. The third-order valence-electron chi connectivity index (χ3n) is 0.407. The molecule has 0 radical (unpaired) electrons. The Morgan fingerprint density at radius 3 is 2.88 bits per heavy atom. The highest BCUT2D eigenvalue weighted by atomic mass is 16.5. The van der Waals surface area contributed by atoms with E-state index in [1.807, 2.05) is 0 Å². The maximum absolute atomic E-state index is 10.1. The average molecular weight is 117 g/mol. The molecule has 0 aliphatic carbocycles. The number of carbonyl (C=O) groups is 1. The van der Waals surface area contributed by atoms with Crippen LogP contribution >= 0.6 is 0 Å². The first-order valence-electron chi connectivity index (χ1n) is 2.09. The first-order chi connectivity index (χ1) is 3.81. The lowest BCUT2D eigenvalue weighted by atomic mass is 10.9. The second kappa shape index (κ2) is 4.04. The summed E-state index contributed by atoms with van der Waals surface area (Å²) < 4.78 is 4.30. The zero-order valence-corrected chi connectivity index (χ0v) is 4.50. The van der Waals surface area contributed by atoms with E-state index in [9.17, 15) is 4.79 Å². The number of nitrogens with two attached hydrogens (primary N) is 1. The summed E-state index contributed by atoms with van der Waals surface area (Å²) in [6, 6.07) is 0. The number of hydrogen-bond acceptors (Lipinski definition) is 3. The van der Waals surface area contributed by atoms with Crippen molar-refractivity contribution in [2.45, 2.75) is 6.92 Å². The number of amides is 1. The van der Waals surface area contributed by atoms with E-state index >= 15 is 0 Å². The standard InChI is InChI=1S/C3H7N3O2/c1-2-8-3(7)5-6-4/h2H2,1H3,(H2,4,5,7). The van der Waals surface area contributed by atoms with Crippen LogP contribution < -0.4 is 5.84 Å². The van der Waals surface area contributed by atoms with Crippen molar-refractivity contribution in [3.8, 4) is 0 Å². The van der Waals surface area contributed by atoms with E-state index in [0.717, 1.165) is 0 Å². The molecular weight excluding hydrogens is 110 g/mol. The summed E-state index contributed by atoms with van der Waals surface area (Å²) in [6.07, 6.45) is -0.755. The molecule has 46 valence electrons. The molecule has 0 heterocycles. The minimum atomic E-state index is -0.755. The van der Waals surface area contributed by atoms with Gasteiger partial charge in [0.05, 0.1) is 6.61 Å². The number of carbonyl (C=O) groups excluding carboxylic acids is 1. The number of rotatable bonds is 1. The van der Waals surface area contributed by atoms with Gasteiger partial charge in [-0.05, 0) is 6.92 Å². The molecule has 0 saturated carbocycles. The molecule has 0 aliphatic heterocycles. The lowest BCUT2D eigenvalue weighted by molar-refractivity contribution is 0.161. The summed E-state index contributed by atoms with van der Waals surface area (Å²) in [7, 11) is 0. The molecule has 0 saturated heterocycles. The molecule has 8 heavy (non-hydrogen) atoms. The first kappa shape index (κ1) is 6.87. The van der Waals surface area contributed by atoms with Crippen LogP contribution in [0.25, 0.3) is 0 Å². The van der Waals surface area contributed by atoms with Gasteiger partial charge in [-0.2, -0.15) is 0 Å². The number of hydrogen-bond donors (Lipinski definition) is 1. The molecule has 0 aromatic carbocycles. The van der Waals surface area contributed by atoms with Gasteiger partial charge in [0.1, 0.15) is 0 Å². The van der Waals surface area contributed by atoms with Crippen molar-refractivity contribution >= 4 is 6.09 Å². The van der Waals surface area contributed by atoms with Crippen LogP contribution in [0.15, 0.2) is 10.3 Å². The minimum Gasteiger partial charge on any atom is -0.447 e. The van der Waals surface area contributed by atoms with Gasteiger partial charge in [0.15, 0.2) is 0 Å². The average Bonchev–Trinajstić information content (AvgIpc) is 1.68. The molecule has 5 heteroatoms. The van der Waals surface area contributed by atoms with Crippen molar-refractivity contribution in [1.82, 2.24) is 0 Å². The van der Waals surface area contributed by atoms with E-state index in [2.05, 4.69) is 20.9 Å². The minimum absolute atomic E-state index is 0.290. The molecule has 0 aromatic heterocycles. The SMILES string of the molecule is CCOC(=O)/N=N/N. The van der Waals surface area contributed by atoms with E-state index in [-0.39, 0.29) is 6.61 Å². The van der Waals surface area contributed by atoms with Crippen molar-refractivity contribution in [3.05, 3.63) is 0 Å². The van der Waals surface area contributed by atoms with Crippen molar-refractivity contribution in [2.75, 3.05) is 6.61 Å². The van der Waals surface area contributed by atoms with Crippen molar-refractivity contribution in [2.24, 2.45) is 16.2 Å². The molecule has 1 amide bonds. The number of ether oxygens (including phenoxy) is 1. The second-order valence-electron chi connectivity index (χ2n) is 0.914. The van der Waals surface area contributed by atoms with Crippen LogP contribution in [0, 0.1) is 0 Å². The lowest BCUT2D eigenvalue weighted by Crippen LogP contribution is -1.96. The van der Waals surface area contributed by atoms with Crippen molar-refractivity contribution < 1.29 is 9.53 Å². The zero-order valence-electron chi connectivity index (χ0n) is 4.50. The molecule has 0 fully saturated rings. The predicted molar refractivity (Wildman–Crippen MR) is 26.1 cm³/mol. The van der Waals surface area contributed by atoms with Crippen LogP contribution in [0.1, 0.15) is 6.92 Å². The Balaban J connectivity index is 3.33. The fourth-order valence-corrected chi connectivity index (χ4v) is 0.199. The monoisotopic (exact) mass is 117 g/mol. The van der Waals surface area contributed by atoms with Crippen LogP contribution in [0.3, 0.4) is 0 Å². The van der Waals surface area contributed by atoms with Gasteiger partial charge in [-0.1, -0.05) is 10.3 Å². The first-order valence-corrected chi connectivity index (χ1v) is 2.09. The van der Waals surface area contributed by atoms with Crippen LogP contribution in [0.5, 0.6) is 0 Å². The van der Waals surface area contributed by atoms with E-state index in [1.165, 1.54) is 0 Å². The van der Waals surface area contributed by atoms with Crippen LogP contribution in [0.4, 0.5) is 4.79 Å². The number of nitrogens with zero attached hydrogens (tertiary/aromatic N) is 2. The van der Waals surface area contributed by atoms with Gasteiger partial charge in [0, 0.05) is 0 Å². The molecule has 0 atom stereocenters. The van der Waals surface area contributed by atoms with Crippen LogP contribution in [0.2, 0.25) is 0 Å². The molecule has 2 N–H and O–H groups in total. The third kappa shape index (κ3) is 3.08.